The largest absolute Gasteiger partial charge is 0.480 e. The number of rotatable bonds is 3. The number of hydrogen-bond acceptors (Lipinski definition) is 6. The van der Waals surface area contributed by atoms with Crippen LogP contribution in [0.5, 0.6) is 0 Å². The number of carboxylic acids is 1. The number of likely N-dealkylation sites (tertiary alicyclic amines) is 1. The molecule has 1 saturated heterocycles. The van der Waals surface area contributed by atoms with Crippen LogP contribution in [0.25, 0.3) is 0 Å². The number of fused-ring (bicyclic) bond motifs is 2. The van der Waals surface area contributed by atoms with Crippen LogP contribution >= 0.6 is 0 Å². The van der Waals surface area contributed by atoms with Crippen LogP contribution in [-0.2, 0) is 9.53 Å². The SMILES string of the molecule is CC(C)(C)OC(=O)N1C[C@@H](NC(=O)c2ccc3c(c2)C(=O)c2ccccc2C3=O)C[C@H]1C(=O)O. The standard InChI is InChI=1S/C25H24N2O7/c1-25(2,3)34-24(33)27-12-14(11-19(27)23(31)32)26-22(30)13-8-9-17-18(10-13)21(29)16-7-5-4-6-15(16)20(17)28/h4-10,14,19H,11-12H2,1-3H3,(H,26,30)(H,31,32)/t14-,19-/m0/s1. The molecule has 0 bridgehead atoms. The Morgan fingerprint density at radius 1 is 0.971 bits per heavy atom. The Labute approximate surface area is 195 Å². The highest BCUT2D eigenvalue weighted by Crippen LogP contribution is 2.28. The molecule has 1 aliphatic heterocycles. The molecular weight excluding hydrogens is 440 g/mol. The van der Waals surface area contributed by atoms with Gasteiger partial charge in [0.15, 0.2) is 11.6 Å². The molecule has 0 aromatic heterocycles. The smallest absolute Gasteiger partial charge is 0.411 e. The van der Waals surface area contributed by atoms with Gasteiger partial charge >= 0.3 is 12.1 Å². The van der Waals surface area contributed by atoms with Gasteiger partial charge in [-0.15, -0.1) is 0 Å². The molecule has 2 aromatic rings. The van der Waals surface area contributed by atoms with Gasteiger partial charge in [-0.05, 0) is 39.0 Å². The molecule has 2 atom stereocenters. The van der Waals surface area contributed by atoms with E-state index in [9.17, 15) is 29.1 Å². The number of ether oxygens (including phenoxy) is 1. The highest BCUT2D eigenvalue weighted by Gasteiger charge is 2.42. The summed E-state index contributed by atoms with van der Waals surface area (Å²) in [5.41, 5.74) is 0.329. The van der Waals surface area contributed by atoms with Gasteiger partial charge in [0, 0.05) is 46.8 Å². The summed E-state index contributed by atoms with van der Waals surface area (Å²) in [6, 6.07) is 9.01. The Morgan fingerprint density at radius 3 is 2.15 bits per heavy atom. The van der Waals surface area contributed by atoms with Crippen LogP contribution in [0.1, 0.15) is 69.4 Å². The van der Waals surface area contributed by atoms with E-state index in [1.165, 1.54) is 18.2 Å². The second kappa shape index (κ2) is 8.40. The first kappa shape index (κ1) is 23.2. The fourth-order valence-electron chi connectivity index (χ4n) is 4.21. The maximum absolute atomic E-state index is 12.9. The van der Waals surface area contributed by atoms with Gasteiger partial charge in [-0.25, -0.2) is 9.59 Å². The van der Waals surface area contributed by atoms with Crippen LogP contribution in [0.4, 0.5) is 4.79 Å². The Hall–Kier alpha value is -4.01. The third-order valence-electron chi connectivity index (χ3n) is 5.74. The van der Waals surface area contributed by atoms with E-state index < -0.39 is 35.7 Å². The lowest BCUT2D eigenvalue weighted by molar-refractivity contribution is -0.142. The predicted molar refractivity (Wildman–Crippen MR) is 120 cm³/mol. The highest BCUT2D eigenvalue weighted by molar-refractivity contribution is 6.28. The minimum absolute atomic E-state index is 0.00997. The van der Waals surface area contributed by atoms with E-state index in [0.29, 0.717) is 5.56 Å². The maximum atomic E-state index is 12.9. The Balaban J connectivity index is 1.52. The summed E-state index contributed by atoms with van der Waals surface area (Å²) in [7, 11) is 0. The van der Waals surface area contributed by atoms with Crippen molar-refractivity contribution in [3.8, 4) is 0 Å². The normalized spacial score (nSPS) is 19.3. The van der Waals surface area contributed by atoms with Crippen molar-refractivity contribution in [2.45, 2.75) is 44.9 Å². The molecule has 9 nitrogen and oxygen atoms in total. The summed E-state index contributed by atoms with van der Waals surface area (Å²) < 4.78 is 5.29. The van der Waals surface area contributed by atoms with Crippen LogP contribution < -0.4 is 5.32 Å². The van der Waals surface area contributed by atoms with Gasteiger partial charge in [-0.1, -0.05) is 24.3 Å². The molecule has 4 rings (SSSR count). The molecule has 1 aliphatic carbocycles. The number of nitrogens with zero attached hydrogens (tertiary/aromatic N) is 1. The molecule has 176 valence electrons. The molecule has 0 saturated carbocycles. The van der Waals surface area contributed by atoms with E-state index in [2.05, 4.69) is 5.32 Å². The average molecular weight is 464 g/mol. The van der Waals surface area contributed by atoms with Gasteiger partial charge < -0.3 is 15.2 Å². The zero-order valence-corrected chi connectivity index (χ0v) is 19.0. The fraction of sp³-hybridized carbons (Fsp3) is 0.320. The topological polar surface area (TPSA) is 130 Å². The number of ketones is 2. The summed E-state index contributed by atoms with van der Waals surface area (Å²) in [4.78, 5) is 63.8. The molecule has 2 aliphatic rings. The fourth-order valence-corrected chi connectivity index (χ4v) is 4.21. The van der Waals surface area contributed by atoms with Crippen LogP contribution in [0.2, 0.25) is 0 Å². The number of hydrogen-bond donors (Lipinski definition) is 2. The molecule has 0 unspecified atom stereocenters. The van der Waals surface area contributed by atoms with Crippen molar-refractivity contribution in [1.82, 2.24) is 10.2 Å². The van der Waals surface area contributed by atoms with Gasteiger partial charge in [0.05, 0.1) is 0 Å². The molecule has 2 N–H and O–H groups in total. The van der Waals surface area contributed by atoms with Crippen molar-refractivity contribution >= 4 is 29.5 Å². The molecular formula is C25H24N2O7. The lowest BCUT2D eigenvalue weighted by Crippen LogP contribution is -2.44. The predicted octanol–water partition coefficient (Wildman–Crippen LogP) is 2.65. The van der Waals surface area contributed by atoms with E-state index in [4.69, 9.17) is 4.74 Å². The van der Waals surface area contributed by atoms with Crippen molar-refractivity contribution in [1.29, 1.82) is 0 Å². The quantitative estimate of drug-likeness (QED) is 0.609. The number of carbonyl (C=O) groups excluding carboxylic acids is 4. The monoisotopic (exact) mass is 464 g/mol. The van der Waals surface area contributed by atoms with Gasteiger partial charge in [0.2, 0.25) is 0 Å². The van der Waals surface area contributed by atoms with Crippen LogP contribution in [0.15, 0.2) is 42.5 Å². The minimum Gasteiger partial charge on any atom is -0.480 e. The molecule has 9 heteroatoms. The minimum atomic E-state index is -1.20. The maximum Gasteiger partial charge on any atom is 0.411 e. The zero-order chi connectivity index (χ0) is 24.8. The third kappa shape index (κ3) is 4.28. The van der Waals surface area contributed by atoms with Crippen molar-refractivity contribution in [3.63, 3.8) is 0 Å². The summed E-state index contributed by atoms with van der Waals surface area (Å²) in [5, 5.41) is 12.3. The highest BCUT2D eigenvalue weighted by atomic mass is 16.6. The van der Waals surface area contributed by atoms with Gasteiger partial charge in [0.1, 0.15) is 11.6 Å². The van der Waals surface area contributed by atoms with E-state index in [1.807, 2.05) is 0 Å². The number of aliphatic carboxylic acids is 1. The van der Waals surface area contributed by atoms with E-state index in [1.54, 1.807) is 45.0 Å². The number of carbonyl (C=O) groups is 5. The molecule has 34 heavy (non-hydrogen) atoms. The number of carboxylic acid groups (broad SMARTS) is 1. The molecule has 0 radical (unpaired) electrons. The molecule has 1 heterocycles. The first-order valence-corrected chi connectivity index (χ1v) is 10.8. The van der Waals surface area contributed by atoms with Crippen LogP contribution in [0, 0.1) is 0 Å². The van der Waals surface area contributed by atoms with E-state index in [-0.39, 0.29) is 46.8 Å². The summed E-state index contributed by atoms with van der Waals surface area (Å²) >= 11 is 0. The van der Waals surface area contributed by atoms with Gasteiger partial charge in [0.25, 0.3) is 5.91 Å². The second-order valence-electron chi connectivity index (χ2n) is 9.36. The van der Waals surface area contributed by atoms with E-state index in [0.717, 1.165) is 4.90 Å². The molecule has 2 aromatic carbocycles. The number of amides is 2. The first-order valence-electron chi connectivity index (χ1n) is 10.8. The first-order chi connectivity index (χ1) is 16.0. The Kier molecular flexibility index (Phi) is 5.72. The molecule has 2 amide bonds. The Morgan fingerprint density at radius 2 is 1.56 bits per heavy atom. The molecule has 0 spiro atoms. The van der Waals surface area contributed by atoms with Crippen molar-refractivity contribution < 1.29 is 33.8 Å². The average Bonchev–Trinajstić information content (AvgIpc) is 3.20. The lowest BCUT2D eigenvalue weighted by Gasteiger charge is -2.26. The van der Waals surface area contributed by atoms with Crippen molar-refractivity contribution in [2.75, 3.05) is 6.54 Å². The van der Waals surface area contributed by atoms with E-state index >= 15 is 0 Å². The van der Waals surface area contributed by atoms with Crippen molar-refractivity contribution in [3.05, 3.63) is 70.3 Å². The third-order valence-corrected chi connectivity index (χ3v) is 5.74. The van der Waals surface area contributed by atoms with Crippen LogP contribution in [0.3, 0.4) is 0 Å². The lowest BCUT2D eigenvalue weighted by atomic mass is 9.83. The van der Waals surface area contributed by atoms with Crippen molar-refractivity contribution in [2.24, 2.45) is 0 Å². The zero-order valence-electron chi connectivity index (χ0n) is 19.0. The number of benzene rings is 2. The summed E-state index contributed by atoms with van der Waals surface area (Å²) in [6.07, 6.45) is -0.760. The summed E-state index contributed by atoms with van der Waals surface area (Å²) in [6.45, 7) is 5.00. The number of nitrogens with one attached hydrogen (secondary N) is 1. The second-order valence-corrected chi connectivity index (χ2v) is 9.36. The molecule has 1 fully saturated rings. The van der Waals surface area contributed by atoms with Gasteiger partial charge in [-0.3, -0.25) is 19.3 Å². The Bertz CT molecular complexity index is 1230. The van der Waals surface area contributed by atoms with Crippen LogP contribution in [-0.4, -0.2) is 63.8 Å². The summed E-state index contributed by atoms with van der Waals surface area (Å²) in [5.74, 6) is -2.37. The van der Waals surface area contributed by atoms with Gasteiger partial charge in [-0.2, -0.15) is 0 Å².